The third-order valence-electron chi connectivity index (χ3n) is 4.57. The highest BCUT2D eigenvalue weighted by molar-refractivity contribution is 5.81. The molecular weight excluding hydrogens is 276 g/mol. The van der Waals surface area contributed by atoms with Crippen molar-refractivity contribution in [2.24, 2.45) is 0 Å². The van der Waals surface area contributed by atoms with Gasteiger partial charge in [0.15, 0.2) is 0 Å². The number of pyridine rings is 1. The molecule has 3 rings (SSSR count). The summed E-state index contributed by atoms with van der Waals surface area (Å²) in [5.41, 5.74) is 1.97. The maximum atomic E-state index is 12.8. The van der Waals surface area contributed by atoms with E-state index in [0.717, 1.165) is 30.7 Å². The van der Waals surface area contributed by atoms with Crippen molar-refractivity contribution in [1.29, 1.82) is 0 Å². The number of rotatable bonds is 3. The van der Waals surface area contributed by atoms with Gasteiger partial charge in [-0.25, -0.2) is 4.98 Å². The number of amides is 1. The maximum absolute atomic E-state index is 12.8. The first kappa shape index (κ1) is 15.0. The predicted molar refractivity (Wildman–Crippen MR) is 86.6 cm³/mol. The summed E-state index contributed by atoms with van der Waals surface area (Å²) in [6, 6.07) is 5.96. The molecule has 118 valence electrons. The van der Waals surface area contributed by atoms with Crippen molar-refractivity contribution in [3.05, 3.63) is 36.3 Å². The Balaban J connectivity index is 1.73. The van der Waals surface area contributed by atoms with Gasteiger partial charge in [0, 0.05) is 13.2 Å². The van der Waals surface area contributed by atoms with E-state index < -0.39 is 0 Å². The molecule has 0 unspecified atom stereocenters. The first-order valence-electron chi connectivity index (χ1n) is 8.03. The Morgan fingerprint density at radius 2 is 2.23 bits per heavy atom. The zero-order valence-corrected chi connectivity index (χ0v) is 13.4. The van der Waals surface area contributed by atoms with E-state index in [2.05, 4.69) is 16.9 Å². The molecule has 1 aliphatic rings. The average Bonchev–Trinajstić information content (AvgIpc) is 2.80. The number of nitrogens with zero attached hydrogens (tertiary/aromatic N) is 4. The van der Waals surface area contributed by atoms with Gasteiger partial charge in [-0.05, 0) is 38.6 Å². The van der Waals surface area contributed by atoms with Gasteiger partial charge in [0.25, 0.3) is 0 Å². The first-order valence-corrected chi connectivity index (χ1v) is 8.03. The normalized spacial score (nSPS) is 20.0. The molecule has 1 atom stereocenters. The smallest absolute Gasteiger partial charge is 0.240 e. The fourth-order valence-electron chi connectivity index (χ4n) is 3.24. The molecule has 22 heavy (non-hydrogen) atoms. The molecule has 1 saturated heterocycles. The molecule has 0 aromatic carbocycles. The molecule has 2 aromatic rings. The lowest BCUT2D eigenvalue weighted by Crippen LogP contribution is -2.45. The lowest BCUT2D eigenvalue weighted by molar-refractivity contribution is -0.135. The van der Waals surface area contributed by atoms with Crippen molar-refractivity contribution in [1.82, 2.24) is 19.2 Å². The molecule has 1 amide bonds. The second-order valence-electron chi connectivity index (χ2n) is 6.22. The van der Waals surface area contributed by atoms with Crippen LogP contribution in [0.3, 0.4) is 0 Å². The van der Waals surface area contributed by atoms with Crippen molar-refractivity contribution in [2.45, 2.75) is 38.3 Å². The molecular formula is C17H24N4O. The van der Waals surface area contributed by atoms with Crippen molar-refractivity contribution >= 4 is 11.6 Å². The number of fused-ring (bicyclic) bond motifs is 1. The number of hydrogen-bond acceptors (Lipinski definition) is 3. The Morgan fingerprint density at radius 3 is 3.09 bits per heavy atom. The molecule has 3 heterocycles. The molecule has 0 spiro atoms. The molecule has 0 bridgehead atoms. The highest BCUT2D eigenvalue weighted by Gasteiger charge is 2.27. The van der Waals surface area contributed by atoms with Crippen molar-refractivity contribution in [2.75, 3.05) is 20.6 Å². The summed E-state index contributed by atoms with van der Waals surface area (Å²) >= 11 is 0. The molecule has 5 nitrogen and oxygen atoms in total. The van der Waals surface area contributed by atoms with Crippen LogP contribution in [-0.2, 0) is 11.3 Å². The Hall–Kier alpha value is -1.88. The van der Waals surface area contributed by atoms with Crippen LogP contribution in [-0.4, -0.2) is 51.8 Å². The van der Waals surface area contributed by atoms with Gasteiger partial charge in [-0.3, -0.25) is 9.69 Å². The SMILES string of the molecule is CN(Cc1cnc2ccccn12)C(=O)[C@@H]1CCCCCN1C. The zero-order chi connectivity index (χ0) is 15.5. The topological polar surface area (TPSA) is 40.9 Å². The van der Waals surface area contributed by atoms with E-state index in [4.69, 9.17) is 0 Å². The third kappa shape index (κ3) is 2.99. The minimum absolute atomic E-state index is 0.0201. The molecule has 0 N–H and O–H groups in total. The van der Waals surface area contributed by atoms with Crippen LogP contribution in [0.1, 0.15) is 31.4 Å². The van der Waals surface area contributed by atoms with Crippen molar-refractivity contribution in [3.8, 4) is 0 Å². The van der Waals surface area contributed by atoms with Gasteiger partial charge in [0.1, 0.15) is 5.65 Å². The molecule has 1 fully saturated rings. The van der Waals surface area contributed by atoms with Gasteiger partial charge in [0.05, 0.1) is 24.5 Å². The fourth-order valence-corrected chi connectivity index (χ4v) is 3.24. The van der Waals surface area contributed by atoms with Crippen LogP contribution in [0.15, 0.2) is 30.6 Å². The van der Waals surface area contributed by atoms with Crippen molar-refractivity contribution < 1.29 is 4.79 Å². The van der Waals surface area contributed by atoms with Crippen LogP contribution in [0.5, 0.6) is 0 Å². The second-order valence-corrected chi connectivity index (χ2v) is 6.22. The molecule has 5 heteroatoms. The molecule has 0 aliphatic carbocycles. The third-order valence-corrected chi connectivity index (χ3v) is 4.57. The van der Waals surface area contributed by atoms with E-state index in [1.807, 2.05) is 46.9 Å². The fraction of sp³-hybridized carbons (Fsp3) is 0.529. The van der Waals surface area contributed by atoms with Crippen LogP contribution < -0.4 is 0 Å². The zero-order valence-electron chi connectivity index (χ0n) is 13.4. The van der Waals surface area contributed by atoms with E-state index in [0.29, 0.717) is 6.54 Å². The van der Waals surface area contributed by atoms with Gasteiger partial charge >= 0.3 is 0 Å². The van der Waals surface area contributed by atoms with Crippen molar-refractivity contribution in [3.63, 3.8) is 0 Å². The largest absolute Gasteiger partial charge is 0.339 e. The summed E-state index contributed by atoms with van der Waals surface area (Å²) in [6.45, 7) is 1.61. The van der Waals surface area contributed by atoms with E-state index in [9.17, 15) is 4.79 Å². The highest BCUT2D eigenvalue weighted by atomic mass is 16.2. The summed E-state index contributed by atoms with van der Waals surface area (Å²) in [6.07, 6.45) is 8.38. The van der Waals surface area contributed by atoms with E-state index in [-0.39, 0.29) is 11.9 Å². The van der Waals surface area contributed by atoms with Crippen LogP contribution in [0.4, 0.5) is 0 Å². The summed E-state index contributed by atoms with van der Waals surface area (Å²) in [5.74, 6) is 0.218. The van der Waals surface area contributed by atoms with Gasteiger partial charge < -0.3 is 9.30 Å². The summed E-state index contributed by atoms with van der Waals surface area (Å²) in [4.78, 5) is 21.2. The van der Waals surface area contributed by atoms with Crippen LogP contribution in [0.2, 0.25) is 0 Å². The van der Waals surface area contributed by atoms with Crippen LogP contribution in [0, 0.1) is 0 Å². The quantitative estimate of drug-likeness (QED) is 0.872. The first-order chi connectivity index (χ1) is 10.7. The van der Waals surface area contributed by atoms with Gasteiger partial charge in [0.2, 0.25) is 5.91 Å². The molecule has 1 aliphatic heterocycles. The molecule has 0 saturated carbocycles. The molecule has 0 radical (unpaired) electrons. The number of imidazole rings is 1. The number of likely N-dealkylation sites (N-methyl/N-ethyl adjacent to an activating group) is 2. The molecule has 2 aromatic heterocycles. The Kier molecular flexibility index (Phi) is 4.43. The Labute approximate surface area is 131 Å². The number of likely N-dealkylation sites (tertiary alicyclic amines) is 1. The minimum Gasteiger partial charge on any atom is -0.339 e. The number of carbonyl (C=O) groups is 1. The Bertz CT molecular complexity index is 651. The number of hydrogen-bond donors (Lipinski definition) is 0. The maximum Gasteiger partial charge on any atom is 0.240 e. The second kappa shape index (κ2) is 6.48. The summed E-state index contributed by atoms with van der Waals surface area (Å²) < 4.78 is 2.04. The monoisotopic (exact) mass is 300 g/mol. The van der Waals surface area contributed by atoms with E-state index in [1.54, 1.807) is 0 Å². The highest BCUT2D eigenvalue weighted by Crippen LogP contribution is 2.18. The number of aromatic nitrogens is 2. The lowest BCUT2D eigenvalue weighted by atomic mass is 10.1. The van der Waals surface area contributed by atoms with Crippen LogP contribution in [0.25, 0.3) is 5.65 Å². The van der Waals surface area contributed by atoms with E-state index >= 15 is 0 Å². The van der Waals surface area contributed by atoms with Gasteiger partial charge in [-0.15, -0.1) is 0 Å². The minimum atomic E-state index is 0.0201. The van der Waals surface area contributed by atoms with Gasteiger partial charge in [-0.1, -0.05) is 18.9 Å². The van der Waals surface area contributed by atoms with Crippen LogP contribution >= 0.6 is 0 Å². The number of carbonyl (C=O) groups excluding carboxylic acids is 1. The van der Waals surface area contributed by atoms with E-state index in [1.165, 1.54) is 12.8 Å². The standard InChI is InChI=1S/C17H24N4O/c1-19-10-6-3-4-8-15(19)17(22)20(2)13-14-12-18-16-9-5-7-11-21(14)16/h5,7,9,11-12,15H,3-4,6,8,10,13H2,1-2H3/t15-/m0/s1. The Morgan fingerprint density at radius 1 is 1.36 bits per heavy atom. The lowest BCUT2D eigenvalue weighted by Gasteiger charge is -2.29. The summed E-state index contributed by atoms with van der Waals surface area (Å²) in [7, 11) is 3.96. The van der Waals surface area contributed by atoms with Gasteiger partial charge in [-0.2, -0.15) is 0 Å². The summed E-state index contributed by atoms with van der Waals surface area (Å²) in [5, 5.41) is 0. The predicted octanol–water partition coefficient (Wildman–Crippen LogP) is 2.17. The average molecular weight is 300 g/mol.